The molecule has 21 heavy (non-hydrogen) atoms. The molecule has 2 aromatic rings. The van der Waals surface area contributed by atoms with Gasteiger partial charge in [-0.3, -0.25) is 0 Å². The summed E-state index contributed by atoms with van der Waals surface area (Å²) in [6.07, 6.45) is 1.93. The summed E-state index contributed by atoms with van der Waals surface area (Å²) >= 11 is 9.91. The molecular formula is C18H20BrClO. The number of hydrogen-bond acceptors (Lipinski definition) is 1. The maximum absolute atomic E-state index is 6.27. The van der Waals surface area contributed by atoms with Crippen LogP contribution in [0.25, 0.3) is 0 Å². The van der Waals surface area contributed by atoms with E-state index in [9.17, 15) is 0 Å². The summed E-state index contributed by atoms with van der Waals surface area (Å²) in [7, 11) is 1.73. The predicted molar refractivity (Wildman–Crippen MR) is 93.9 cm³/mol. The van der Waals surface area contributed by atoms with Gasteiger partial charge in [-0.1, -0.05) is 63.4 Å². The third kappa shape index (κ3) is 4.49. The minimum atomic E-state index is 0.487. The number of benzene rings is 2. The molecule has 0 N–H and O–H groups in total. The topological polar surface area (TPSA) is 9.23 Å². The molecule has 0 heterocycles. The second-order valence-electron chi connectivity index (χ2n) is 5.34. The lowest BCUT2D eigenvalue weighted by Gasteiger charge is -2.17. The van der Waals surface area contributed by atoms with E-state index in [0.29, 0.717) is 5.92 Å². The van der Waals surface area contributed by atoms with Gasteiger partial charge in [0.05, 0.1) is 7.11 Å². The van der Waals surface area contributed by atoms with Crippen molar-refractivity contribution >= 4 is 27.5 Å². The molecule has 2 aromatic carbocycles. The van der Waals surface area contributed by atoms with Crippen molar-refractivity contribution in [2.75, 3.05) is 12.4 Å². The average molecular weight is 368 g/mol. The van der Waals surface area contributed by atoms with Gasteiger partial charge in [-0.15, -0.1) is 0 Å². The Kier molecular flexibility index (Phi) is 6.13. The highest BCUT2D eigenvalue weighted by molar-refractivity contribution is 9.09. The van der Waals surface area contributed by atoms with E-state index in [2.05, 4.69) is 41.1 Å². The first-order valence-corrected chi connectivity index (χ1v) is 8.57. The number of halogens is 2. The molecule has 0 bridgehead atoms. The Labute approximate surface area is 140 Å². The lowest BCUT2D eigenvalue weighted by atomic mass is 9.93. The van der Waals surface area contributed by atoms with Crippen LogP contribution in [0.1, 0.15) is 16.7 Å². The van der Waals surface area contributed by atoms with Gasteiger partial charge in [0.1, 0.15) is 5.75 Å². The zero-order valence-electron chi connectivity index (χ0n) is 12.4. The van der Waals surface area contributed by atoms with E-state index < -0.39 is 0 Å². The Hall–Kier alpha value is -0.990. The number of aryl methyl sites for hydroxylation is 1. The fraction of sp³-hybridized carbons (Fsp3) is 0.333. The maximum Gasteiger partial charge on any atom is 0.122 e. The summed E-state index contributed by atoms with van der Waals surface area (Å²) < 4.78 is 5.48. The van der Waals surface area contributed by atoms with Crippen LogP contribution in [0.3, 0.4) is 0 Å². The fourth-order valence-electron chi connectivity index (χ4n) is 2.53. The molecule has 0 aromatic heterocycles. The predicted octanol–water partition coefficient (Wildman–Crippen LogP) is 5.45. The van der Waals surface area contributed by atoms with E-state index in [1.54, 1.807) is 7.11 Å². The van der Waals surface area contributed by atoms with E-state index in [1.165, 1.54) is 16.7 Å². The van der Waals surface area contributed by atoms with Crippen LogP contribution in [0, 0.1) is 12.8 Å². The summed E-state index contributed by atoms with van der Waals surface area (Å²) in [5.74, 6) is 1.45. The van der Waals surface area contributed by atoms with Gasteiger partial charge < -0.3 is 4.74 Å². The van der Waals surface area contributed by atoms with E-state index in [4.69, 9.17) is 16.3 Å². The minimum Gasteiger partial charge on any atom is -0.496 e. The van der Waals surface area contributed by atoms with Crippen molar-refractivity contribution < 1.29 is 4.74 Å². The van der Waals surface area contributed by atoms with Crippen molar-refractivity contribution in [1.82, 2.24) is 0 Å². The maximum atomic E-state index is 6.27. The van der Waals surface area contributed by atoms with Gasteiger partial charge >= 0.3 is 0 Å². The highest BCUT2D eigenvalue weighted by atomic mass is 79.9. The second-order valence-corrected chi connectivity index (χ2v) is 6.39. The molecule has 0 fully saturated rings. The van der Waals surface area contributed by atoms with Gasteiger partial charge in [0.25, 0.3) is 0 Å². The summed E-state index contributed by atoms with van der Waals surface area (Å²) in [4.78, 5) is 0. The van der Waals surface area contributed by atoms with E-state index in [1.807, 2.05) is 24.3 Å². The largest absolute Gasteiger partial charge is 0.496 e. The number of hydrogen-bond donors (Lipinski definition) is 0. The summed E-state index contributed by atoms with van der Waals surface area (Å²) in [5, 5.41) is 1.79. The van der Waals surface area contributed by atoms with Crippen LogP contribution >= 0.6 is 27.5 Å². The molecule has 0 aliphatic rings. The third-order valence-electron chi connectivity index (χ3n) is 3.63. The first-order chi connectivity index (χ1) is 10.1. The van der Waals surface area contributed by atoms with Crippen molar-refractivity contribution in [1.29, 1.82) is 0 Å². The molecule has 0 aliphatic carbocycles. The van der Waals surface area contributed by atoms with Gasteiger partial charge in [0.2, 0.25) is 0 Å². The molecule has 0 spiro atoms. The molecule has 2 rings (SSSR count). The standard InChI is InChI=1S/C18H20BrClO/c1-13-7-8-18(21-2)16(9-13)11-14(12-19)10-15-5-3-4-6-17(15)20/h3-9,14H,10-12H2,1-2H3. The van der Waals surface area contributed by atoms with Crippen LogP contribution in [0.2, 0.25) is 5.02 Å². The van der Waals surface area contributed by atoms with Crippen molar-refractivity contribution in [3.8, 4) is 5.75 Å². The first-order valence-electron chi connectivity index (χ1n) is 7.07. The second kappa shape index (κ2) is 7.86. The third-order valence-corrected chi connectivity index (χ3v) is 4.91. The molecule has 0 saturated carbocycles. The summed E-state index contributed by atoms with van der Waals surface area (Å²) in [5.41, 5.74) is 3.72. The van der Waals surface area contributed by atoms with Crippen LogP contribution in [0.5, 0.6) is 5.75 Å². The van der Waals surface area contributed by atoms with Crippen LogP contribution < -0.4 is 4.74 Å². The molecular weight excluding hydrogens is 348 g/mol. The SMILES string of the molecule is COc1ccc(C)cc1CC(CBr)Cc1ccccc1Cl. The molecule has 3 heteroatoms. The van der Waals surface area contributed by atoms with E-state index in [0.717, 1.165) is 28.9 Å². The molecule has 0 saturated heterocycles. The highest BCUT2D eigenvalue weighted by Gasteiger charge is 2.14. The average Bonchev–Trinajstić information content (AvgIpc) is 2.49. The molecule has 0 aliphatic heterocycles. The fourth-order valence-corrected chi connectivity index (χ4v) is 3.20. The lowest BCUT2D eigenvalue weighted by Crippen LogP contribution is -2.11. The monoisotopic (exact) mass is 366 g/mol. The van der Waals surface area contributed by atoms with Crippen molar-refractivity contribution in [3.05, 3.63) is 64.2 Å². The van der Waals surface area contributed by atoms with Crippen molar-refractivity contribution in [2.24, 2.45) is 5.92 Å². The van der Waals surface area contributed by atoms with Gasteiger partial charge in [0, 0.05) is 10.4 Å². The normalized spacial score (nSPS) is 12.2. The Morgan fingerprint density at radius 1 is 1.10 bits per heavy atom. The van der Waals surface area contributed by atoms with Crippen molar-refractivity contribution in [2.45, 2.75) is 19.8 Å². The van der Waals surface area contributed by atoms with Crippen LogP contribution in [0.15, 0.2) is 42.5 Å². The Morgan fingerprint density at radius 2 is 1.81 bits per heavy atom. The highest BCUT2D eigenvalue weighted by Crippen LogP contribution is 2.27. The van der Waals surface area contributed by atoms with Gasteiger partial charge in [-0.2, -0.15) is 0 Å². The molecule has 1 unspecified atom stereocenters. The van der Waals surface area contributed by atoms with Crippen LogP contribution in [-0.2, 0) is 12.8 Å². The molecule has 1 atom stereocenters. The number of rotatable bonds is 6. The number of alkyl halides is 1. The Bertz CT molecular complexity index is 598. The van der Waals surface area contributed by atoms with Crippen molar-refractivity contribution in [3.63, 3.8) is 0 Å². The molecule has 0 amide bonds. The van der Waals surface area contributed by atoms with Gasteiger partial charge in [-0.25, -0.2) is 0 Å². The Balaban J connectivity index is 2.16. The zero-order valence-corrected chi connectivity index (χ0v) is 14.7. The van der Waals surface area contributed by atoms with E-state index in [-0.39, 0.29) is 0 Å². The van der Waals surface area contributed by atoms with Crippen LogP contribution in [0.4, 0.5) is 0 Å². The summed E-state index contributed by atoms with van der Waals surface area (Å²) in [6.45, 7) is 2.11. The smallest absolute Gasteiger partial charge is 0.122 e. The van der Waals surface area contributed by atoms with Crippen LogP contribution in [-0.4, -0.2) is 12.4 Å². The summed E-state index contributed by atoms with van der Waals surface area (Å²) in [6, 6.07) is 14.4. The zero-order chi connectivity index (χ0) is 15.2. The number of ether oxygens (including phenoxy) is 1. The van der Waals surface area contributed by atoms with Gasteiger partial charge in [0.15, 0.2) is 0 Å². The minimum absolute atomic E-state index is 0.487. The number of methoxy groups -OCH3 is 1. The first kappa shape index (κ1) is 16.4. The van der Waals surface area contributed by atoms with E-state index >= 15 is 0 Å². The lowest BCUT2D eigenvalue weighted by molar-refractivity contribution is 0.405. The quantitative estimate of drug-likeness (QED) is 0.617. The Morgan fingerprint density at radius 3 is 2.48 bits per heavy atom. The molecule has 0 radical (unpaired) electrons. The van der Waals surface area contributed by atoms with Gasteiger partial charge in [-0.05, 0) is 48.9 Å². The molecule has 1 nitrogen and oxygen atoms in total. The molecule has 112 valence electrons.